The topological polar surface area (TPSA) is 90.1 Å². The molecule has 2 heterocycles. The van der Waals surface area contributed by atoms with Gasteiger partial charge in [-0.1, -0.05) is 41.6 Å². The van der Waals surface area contributed by atoms with Gasteiger partial charge in [-0.3, -0.25) is 9.78 Å². The fraction of sp³-hybridized carbons (Fsp3) is 0.0909. The number of ether oxygens (including phenoxy) is 1. The Hall–Kier alpha value is -4.00. The number of pyridine rings is 1. The van der Waals surface area contributed by atoms with E-state index in [-0.39, 0.29) is 12.5 Å². The fourth-order valence-electron chi connectivity index (χ4n) is 2.75. The van der Waals surface area contributed by atoms with Gasteiger partial charge in [-0.15, -0.1) is 0 Å². The van der Waals surface area contributed by atoms with Gasteiger partial charge in [-0.25, -0.2) is 0 Å². The van der Waals surface area contributed by atoms with Crippen molar-refractivity contribution in [3.8, 4) is 17.1 Å². The number of carbonyl (C=O) groups excluding carboxylic acids is 1. The summed E-state index contributed by atoms with van der Waals surface area (Å²) >= 11 is 0. The van der Waals surface area contributed by atoms with Crippen LogP contribution in [-0.4, -0.2) is 27.6 Å². The minimum atomic E-state index is -0.247. The quantitative estimate of drug-likeness (QED) is 0.520. The molecule has 7 heteroatoms. The molecule has 0 spiro atoms. The lowest BCUT2D eigenvalue weighted by atomic mass is 10.1. The summed E-state index contributed by atoms with van der Waals surface area (Å²) in [6.45, 7) is -0.0793. The van der Waals surface area contributed by atoms with E-state index in [0.717, 1.165) is 11.1 Å². The highest BCUT2D eigenvalue weighted by atomic mass is 16.5. The third-order valence-electron chi connectivity index (χ3n) is 4.13. The first-order valence-corrected chi connectivity index (χ1v) is 9.06. The number of anilines is 1. The molecule has 0 saturated heterocycles. The maximum absolute atomic E-state index is 12.3. The van der Waals surface area contributed by atoms with Crippen molar-refractivity contribution in [2.45, 2.75) is 6.42 Å². The summed E-state index contributed by atoms with van der Waals surface area (Å²) in [7, 11) is 0. The Morgan fingerprint density at radius 2 is 1.83 bits per heavy atom. The highest BCUT2D eigenvalue weighted by Crippen LogP contribution is 2.21. The SMILES string of the molecule is O=C(COc1ccccc1)Nc1ccccc1Cc1nc(-c2cccnc2)no1. The van der Waals surface area contributed by atoms with Crippen molar-refractivity contribution >= 4 is 11.6 Å². The first-order chi connectivity index (χ1) is 14.3. The molecule has 0 fully saturated rings. The molecule has 0 radical (unpaired) electrons. The minimum Gasteiger partial charge on any atom is -0.484 e. The van der Waals surface area contributed by atoms with Crippen LogP contribution in [0, 0.1) is 0 Å². The smallest absolute Gasteiger partial charge is 0.262 e. The average molecular weight is 386 g/mol. The predicted molar refractivity (Wildman–Crippen MR) is 107 cm³/mol. The average Bonchev–Trinajstić information content (AvgIpc) is 3.24. The molecule has 0 aliphatic rings. The number of amides is 1. The molecule has 7 nitrogen and oxygen atoms in total. The van der Waals surface area contributed by atoms with Crippen LogP contribution in [0.1, 0.15) is 11.5 Å². The van der Waals surface area contributed by atoms with Crippen LogP contribution in [0.3, 0.4) is 0 Å². The van der Waals surface area contributed by atoms with Crippen molar-refractivity contribution < 1.29 is 14.1 Å². The number of nitrogens with one attached hydrogen (secondary N) is 1. The van der Waals surface area contributed by atoms with Gasteiger partial charge in [0, 0.05) is 23.6 Å². The second kappa shape index (κ2) is 8.79. The summed E-state index contributed by atoms with van der Waals surface area (Å²) in [5, 5.41) is 6.88. The lowest BCUT2D eigenvalue weighted by Gasteiger charge is -2.10. The van der Waals surface area contributed by atoms with Crippen molar-refractivity contribution in [2.75, 3.05) is 11.9 Å². The van der Waals surface area contributed by atoms with Crippen LogP contribution < -0.4 is 10.1 Å². The molecule has 0 aliphatic carbocycles. The maximum atomic E-state index is 12.3. The van der Waals surface area contributed by atoms with Crippen LogP contribution in [-0.2, 0) is 11.2 Å². The van der Waals surface area contributed by atoms with Crippen LogP contribution in [0.2, 0.25) is 0 Å². The van der Waals surface area contributed by atoms with Gasteiger partial charge in [0.2, 0.25) is 11.7 Å². The van der Waals surface area contributed by atoms with Gasteiger partial charge in [0.05, 0.1) is 6.42 Å². The molecule has 0 aliphatic heterocycles. The van der Waals surface area contributed by atoms with Gasteiger partial charge < -0.3 is 14.6 Å². The first kappa shape index (κ1) is 18.4. The number of para-hydroxylation sites is 2. The molecule has 0 saturated carbocycles. The van der Waals surface area contributed by atoms with E-state index in [0.29, 0.717) is 29.6 Å². The van der Waals surface area contributed by atoms with E-state index in [4.69, 9.17) is 9.26 Å². The zero-order valence-electron chi connectivity index (χ0n) is 15.5. The molecule has 1 amide bonds. The number of benzene rings is 2. The zero-order valence-corrected chi connectivity index (χ0v) is 15.5. The molecule has 2 aromatic carbocycles. The summed E-state index contributed by atoms with van der Waals surface area (Å²) in [4.78, 5) is 20.8. The lowest BCUT2D eigenvalue weighted by molar-refractivity contribution is -0.118. The fourth-order valence-corrected chi connectivity index (χ4v) is 2.75. The molecule has 2 aromatic heterocycles. The Labute approximate surface area is 167 Å². The molecular formula is C22H18N4O3. The molecule has 29 heavy (non-hydrogen) atoms. The van der Waals surface area contributed by atoms with E-state index in [1.165, 1.54) is 0 Å². The third kappa shape index (κ3) is 4.84. The number of nitrogens with zero attached hydrogens (tertiary/aromatic N) is 3. The summed E-state index contributed by atoms with van der Waals surface area (Å²) < 4.78 is 10.9. The van der Waals surface area contributed by atoms with Crippen LogP contribution in [0.25, 0.3) is 11.4 Å². The van der Waals surface area contributed by atoms with E-state index in [9.17, 15) is 4.79 Å². The normalized spacial score (nSPS) is 10.5. The first-order valence-electron chi connectivity index (χ1n) is 9.06. The van der Waals surface area contributed by atoms with Gasteiger partial charge in [0.25, 0.3) is 5.91 Å². The molecule has 0 bridgehead atoms. The Balaban J connectivity index is 1.42. The van der Waals surface area contributed by atoms with Crippen molar-refractivity contribution in [3.63, 3.8) is 0 Å². The summed E-state index contributed by atoms with van der Waals surface area (Å²) in [5.74, 6) is 1.32. The van der Waals surface area contributed by atoms with Crippen molar-refractivity contribution in [1.29, 1.82) is 0 Å². The van der Waals surface area contributed by atoms with Gasteiger partial charge in [-0.2, -0.15) is 4.98 Å². The Morgan fingerprint density at radius 1 is 1.00 bits per heavy atom. The van der Waals surface area contributed by atoms with Crippen LogP contribution in [0.5, 0.6) is 5.75 Å². The second-order valence-corrected chi connectivity index (χ2v) is 6.24. The van der Waals surface area contributed by atoms with Crippen molar-refractivity contribution in [2.24, 2.45) is 0 Å². The minimum absolute atomic E-state index is 0.0793. The molecule has 4 aromatic rings. The summed E-state index contributed by atoms with van der Waals surface area (Å²) in [5.41, 5.74) is 2.32. The van der Waals surface area contributed by atoms with Gasteiger partial charge in [0.15, 0.2) is 6.61 Å². The van der Waals surface area contributed by atoms with Crippen LogP contribution in [0.4, 0.5) is 5.69 Å². The summed E-state index contributed by atoms with van der Waals surface area (Å²) in [6.07, 6.45) is 3.75. The van der Waals surface area contributed by atoms with Crippen LogP contribution in [0.15, 0.2) is 83.6 Å². The number of rotatable bonds is 7. The van der Waals surface area contributed by atoms with E-state index in [1.54, 1.807) is 24.5 Å². The van der Waals surface area contributed by atoms with E-state index >= 15 is 0 Å². The van der Waals surface area contributed by atoms with E-state index < -0.39 is 0 Å². The zero-order chi connectivity index (χ0) is 19.9. The third-order valence-corrected chi connectivity index (χ3v) is 4.13. The van der Waals surface area contributed by atoms with Gasteiger partial charge in [-0.05, 0) is 35.9 Å². The molecule has 144 valence electrons. The number of hydrogen-bond acceptors (Lipinski definition) is 6. The van der Waals surface area contributed by atoms with Crippen LogP contribution >= 0.6 is 0 Å². The Bertz CT molecular complexity index is 1080. The maximum Gasteiger partial charge on any atom is 0.262 e. The molecule has 0 unspecified atom stereocenters. The number of aromatic nitrogens is 3. The van der Waals surface area contributed by atoms with Gasteiger partial charge in [0.1, 0.15) is 5.75 Å². The molecule has 1 N–H and O–H groups in total. The van der Waals surface area contributed by atoms with Crippen molar-refractivity contribution in [3.05, 3.63) is 90.6 Å². The number of carbonyl (C=O) groups is 1. The molecular weight excluding hydrogens is 368 g/mol. The monoisotopic (exact) mass is 386 g/mol. The standard InChI is InChI=1S/C22H18N4O3/c27-20(15-28-18-9-2-1-3-10-18)24-19-11-5-4-7-16(19)13-21-25-22(26-29-21)17-8-6-12-23-14-17/h1-12,14H,13,15H2,(H,24,27). The Kier molecular flexibility index (Phi) is 5.57. The highest BCUT2D eigenvalue weighted by Gasteiger charge is 2.13. The second-order valence-electron chi connectivity index (χ2n) is 6.24. The Morgan fingerprint density at radius 3 is 2.66 bits per heavy atom. The highest BCUT2D eigenvalue weighted by molar-refractivity contribution is 5.92. The van der Waals surface area contributed by atoms with E-state index in [2.05, 4.69) is 20.4 Å². The predicted octanol–water partition coefficient (Wildman–Crippen LogP) is 3.74. The molecule has 0 atom stereocenters. The van der Waals surface area contributed by atoms with E-state index in [1.807, 2.05) is 54.6 Å². The lowest BCUT2D eigenvalue weighted by Crippen LogP contribution is -2.21. The van der Waals surface area contributed by atoms with Crippen molar-refractivity contribution in [1.82, 2.24) is 15.1 Å². The number of hydrogen-bond donors (Lipinski definition) is 1. The summed E-state index contributed by atoms with van der Waals surface area (Å²) in [6, 6.07) is 20.4. The largest absolute Gasteiger partial charge is 0.484 e. The van der Waals surface area contributed by atoms with Gasteiger partial charge >= 0.3 is 0 Å². The molecule has 4 rings (SSSR count).